The Balaban J connectivity index is 2.33. The number of halogens is 1. The standard InChI is InChI=1S/C12H12INO4/c1-7-12(17)14(5-4-11(15)16)9-3-2-8(13)6-10(9)18-7/h2-3,6-7H,4-5H2,1H3,(H,15,16). The number of rotatable bonds is 3. The number of amides is 1. The number of nitrogens with zero attached hydrogens (tertiary/aromatic N) is 1. The summed E-state index contributed by atoms with van der Waals surface area (Å²) in [5, 5.41) is 8.72. The van der Waals surface area contributed by atoms with Crippen LogP contribution in [0.5, 0.6) is 5.75 Å². The molecule has 0 aliphatic carbocycles. The Bertz CT molecular complexity index is 503. The number of carbonyl (C=O) groups is 2. The van der Waals surface area contributed by atoms with Crippen molar-refractivity contribution in [3.8, 4) is 5.75 Å². The Labute approximate surface area is 118 Å². The average molecular weight is 361 g/mol. The molecule has 0 saturated carbocycles. The molecule has 6 heteroatoms. The highest BCUT2D eigenvalue weighted by Crippen LogP contribution is 2.35. The molecule has 0 aromatic heterocycles. The fraction of sp³-hybridized carbons (Fsp3) is 0.333. The molecule has 1 amide bonds. The van der Waals surface area contributed by atoms with Gasteiger partial charge in [0.25, 0.3) is 5.91 Å². The molecule has 0 bridgehead atoms. The Morgan fingerprint density at radius 1 is 1.56 bits per heavy atom. The maximum Gasteiger partial charge on any atom is 0.305 e. The van der Waals surface area contributed by atoms with E-state index in [4.69, 9.17) is 9.84 Å². The normalized spacial score (nSPS) is 18.2. The van der Waals surface area contributed by atoms with Crippen molar-refractivity contribution in [2.75, 3.05) is 11.4 Å². The quantitative estimate of drug-likeness (QED) is 0.835. The number of anilines is 1. The van der Waals surface area contributed by atoms with Crippen LogP contribution in [0.25, 0.3) is 0 Å². The third kappa shape index (κ3) is 2.58. The number of carboxylic acid groups (broad SMARTS) is 1. The van der Waals surface area contributed by atoms with Gasteiger partial charge in [-0.05, 0) is 47.7 Å². The molecule has 2 rings (SSSR count). The van der Waals surface area contributed by atoms with Crippen LogP contribution in [-0.2, 0) is 9.59 Å². The predicted octanol–water partition coefficient (Wildman–Crippen LogP) is 1.88. The van der Waals surface area contributed by atoms with Crippen LogP contribution < -0.4 is 9.64 Å². The number of ether oxygens (including phenoxy) is 1. The van der Waals surface area contributed by atoms with Gasteiger partial charge in [0.15, 0.2) is 6.10 Å². The van der Waals surface area contributed by atoms with Gasteiger partial charge >= 0.3 is 5.97 Å². The van der Waals surface area contributed by atoms with Gasteiger partial charge in [-0.1, -0.05) is 0 Å². The number of hydrogen-bond acceptors (Lipinski definition) is 3. The summed E-state index contributed by atoms with van der Waals surface area (Å²) in [6, 6.07) is 5.48. The molecule has 1 aliphatic rings. The summed E-state index contributed by atoms with van der Waals surface area (Å²) in [7, 11) is 0. The van der Waals surface area contributed by atoms with E-state index < -0.39 is 12.1 Å². The first-order valence-corrected chi connectivity index (χ1v) is 6.56. The van der Waals surface area contributed by atoms with Gasteiger partial charge in [-0.15, -0.1) is 0 Å². The summed E-state index contributed by atoms with van der Waals surface area (Å²) in [5.74, 6) is -0.502. The van der Waals surface area contributed by atoms with E-state index in [0.29, 0.717) is 11.4 Å². The van der Waals surface area contributed by atoms with E-state index in [-0.39, 0.29) is 18.9 Å². The SMILES string of the molecule is CC1Oc2cc(I)ccc2N(CCC(=O)O)C1=O. The molecule has 1 aromatic carbocycles. The summed E-state index contributed by atoms with van der Waals surface area (Å²) in [4.78, 5) is 24.1. The lowest BCUT2D eigenvalue weighted by Crippen LogP contribution is -2.45. The van der Waals surface area contributed by atoms with Crippen molar-refractivity contribution in [2.45, 2.75) is 19.4 Å². The predicted molar refractivity (Wildman–Crippen MR) is 73.9 cm³/mol. The molecule has 96 valence electrons. The Hall–Kier alpha value is -1.31. The minimum atomic E-state index is -0.922. The fourth-order valence-corrected chi connectivity index (χ4v) is 2.29. The third-order valence-electron chi connectivity index (χ3n) is 2.68. The van der Waals surface area contributed by atoms with Crippen LogP contribution in [0.15, 0.2) is 18.2 Å². The molecule has 1 aromatic rings. The summed E-state index contributed by atoms with van der Waals surface area (Å²) in [6.07, 6.45) is -0.659. The van der Waals surface area contributed by atoms with Crippen molar-refractivity contribution in [1.29, 1.82) is 0 Å². The first kappa shape index (κ1) is 13.1. The van der Waals surface area contributed by atoms with Crippen molar-refractivity contribution >= 4 is 40.2 Å². The first-order chi connectivity index (χ1) is 8.49. The molecule has 1 heterocycles. The zero-order valence-corrected chi connectivity index (χ0v) is 11.9. The minimum absolute atomic E-state index is 0.0795. The minimum Gasteiger partial charge on any atom is -0.481 e. The molecule has 1 aliphatic heterocycles. The zero-order chi connectivity index (χ0) is 13.3. The number of carboxylic acids is 1. The van der Waals surface area contributed by atoms with E-state index >= 15 is 0 Å². The lowest BCUT2D eigenvalue weighted by atomic mass is 10.2. The van der Waals surface area contributed by atoms with E-state index in [1.807, 2.05) is 12.1 Å². The van der Waals surface area contributed by atoms with Crippen LogP contribution >= 0.6 is 22.6 Å². The molecule has 1 N–H and O–H groups in total. The van der Waals surface area contributed by atoms with Gasteiger partial charge in [-0.2, -0.15) is 0 Å². The van der Waals surface area contributed by atoms with Crippen molar-refractivity contribution in [3.63, 3.8) is 0 Å². The Morgan fingerprint density at radius 3 is 2.94 bits per heavy atom. The van der Waals surface area contributed by atoms with Crippen LogP contribution in [0.2, 0.25) is 0 Å². The number of fused-ring (bicyclic) bond motifs is 1. The van der Waals surface area contributed by atoms with Crippen molar-refractivity contribution in [3.05, 3.63) is 21.8 Å². The second kappa shape index (κ2) is 5.13. The van der Waals surface area contributed by atoms with Gasteiger partial charge < -0.3 is 14.7 Å². The van der Waals surface area contributed by atoms with Crippen molar-refractivity contribution < 1.29 is 19.4 Å². The van der Waals surface area contributed by atoms with Gasteiger partial charge in [-0.25, -0.2) is 0 Å². The first-order valence-electron chi connectivity index (χ1n) is 5.48. The van der Waals surface area contributed by atoms with E-state index in [1.54, 1.807) is 13.0 Å². The third-order valence-corrected chi connectivity index (χ3v) is 3.35. The Morgan fingerprint density at radius 2 is 2.28 bits per heavy atom. The average Bonchev–Trinajstić information content (AvgIpc) is 2.29. The molecule has 1 atom stereocenters. The van der Waals surface area contributed by atoms with Gasteiger partial charge in [0.05, 0.1) is 12.1 Å². The van der Waals surface area contributed by atoms with Crippen LogP contribution in [0.4, 0.5) is 5.69 Å². The van der Waals surface area contributed by atoms with Crippen LogP contribution in [0, 0.1) is 3.57 Å². The van der Waals surface area contributed by atoms with Crippen LogP contribution in [0.1, 0.15) is 13.3 Å². The van der Waals surface area contributed by atoms with Crippen LogP contribution in [-0.4, -0.2) is 29.6 Å². The van der Waals surface area contributed by atoms with Gasteiger partial charge in [0.2, 0.25) is 0 Å². The maximum absolute atomic E-state index is 12.0. The summed E-state index contributed by atoms with van der Waals surface area (Å²) < 4.78 is 6.52. The Kier molecular flexibility index (Phi) is 3.74. The highest BCUT2D eigenvalue weighted by atomic mass is 127. The van der Waals surface area contributed by atoms with Crippen LogP contribution in [0.3, 0.4) is 0 Å². The van der Waals surface area contributed by atoms with Crippen molar-refractivity contribution in [2.24, 2.45) is 0 Å². The van der Waals surface area contributed by atoms with Gasteiger partial charge in [0.1, 0.15) is 5.75 Å². The monoisotopic (exact) mass is 361 g/mol. The van der Waals surface area contributed by atoms with E-state index in [9.17, 15) is 9.59 Å². The number of carbonyl (C=O) groups excluding carboxylic acids is 1. The van der Waals surface area contributed by atoms with Crippen molar-refractivity contribution in [1.82, 2.24) is 0 Å². The van der Waals surface area contributed by atoms with Gasteiger partial charge in [-0.3, -0.25) is 9.59 Å². The zero-order valence-electron chi connectivity index (χ0n) is 9.72. The number of benzene rings is 1. The molecule has 0 spiro atoms. The summed E-state index contributed by atoms with van der Waals surface area (Å²) in [5.41, 5.74) is 0.639. The largest absolute Gasteiger partial charge is 0.481 e. The lowest BCUT2D eigenvalue weighted by molar-refractivity contribution is -0.136. The lowest BCUT2D eigenvalue weighted by Gasteiger charge is -2.32. The highest BCUT2D eigenvalue weighted by molar-refractivity contribution is 14.1. The fourth-order valence-electron chi connectivity index (χ4n) is 1.82. The smallest absolute Gasteiger partial charge is 0.305 e. The molecule has 0 fully saturated rings. The molecule has 1 unspecified atom stereocenters. The molecular formula is C12H12INO4. The molecular weight excluding hydrogens is 349 g/mol. The highest BCUT2D eigenvalue weighted by Gasteiger charge is 2.31. The molecule has 5 nitrogen and oxygen atoms in total. The van der Waals surface area contributed by atoms with Gasteiger partial charge in [0, 0.05) is 10.1 Å². The maximum atomic E-state index is 12.0. The van der Waals surface area contributed by atoms with E-state index in [1.165, 1.54) is 4.90 Å². The summed E-state index contributed by atoms with van der Waals surface area (Å²) >= 11 is 2.16. The number of aliphatic carboxylic acids is 1. The molecule has 18 heavy (non-hydrogen) atoms. The second-order valence-corrected chi connectivity index (χ2v) is 5.25. The van der Waals surface area contributed by atoms with E-state index in [2.05, 4.69) is 22.6 Å². The summed E-state index contributed by atoms with van der Waals surface area (Å²) in [6.45, 7) is 1.83. The number of hydrogen-bond donors (Lipinski definition) is 1. The van der Waals surface area contributed by atoms with E-state index in [0.717, 1.165) is 3.57 Å². The molecule has 0 radical (unpaired) electrons. The molecule has 0 saturated heterocycles. The second-order valence-electron chi connectivity index (χ2n) is 4.01. The topological polar surface area (TPSA) is 66.8 Å².